The van der Waals surface area contributed by atoms with Crippen molar-refractivity contribution in [1.29, 1.82) is 5.26 Å². The number of sulfone groups is 1. The first-order valence-electron chi connectivity index (χ1n) is 12.7. The van der Waals surface area contributed by atoms with Gasteiger partial charge in [0, 0.05) is 30.1 Å². The average Bonchev–Trinajstić information content (AvgIpc) is 3.61. The zero-order chi connectivity index (χ0) is 27.9. The molecular weight excluding hydrogens is 517 g/mol. The standard InChI is InChI=1S/C28H30FN7O2S/c1-28(2,3)16-32-25-18(13-30)14-31-27-22(25)11-20(12-24(27)39(4,37)38)33-26(17-5-7-19(29)8-6-17)23-15-36(35-34-23)21-9-10-21/h5-8,11-12,14-15,21,26,33H,9-10,16H2,1-4H3,(H,31,32). The minimum absolute atomic E-state index is 0.0327. The molecule has 2 heterocycles. The van der Waals surface area contributed by atoms with Gasteiger partial charge in [-0.3, -0.25) is 4.98 Å². The van der Waals surface area contributed by atoms with Crippen molar-refractivity contribution in [3.05, 3.63) is 71.4 Å². The normalized spacial score (nSPS) is 14.7. The first-order chi connectivity index (χ1) is 18.4. The number of pyridine rings is 1. The number of fused-ring (bicyclic) bond motifs is 1. The summed E-state index contributed by atoms with van der Waals surface area (Å²) >= 11 is 0. The van der Waals surface area contributed by atoms with E-state index in [1.807, 2.05) is 10.9 Å². The third-order valence-corrected chi connectivity index (χ3v) is 7.62. The Morgan fingerprint density at radius 1 is 1.21 bits per heavy atom. The molecule has 202 valence electrons. The molecule has 1 aliphatic rings. The molecule has 0 radical (unpaired) electrons. The summed E-state index contributed by atoms with van der Waals surface area (Å²) in [6.07, 6.45) is 6.47. The minimum Gasteiger partial charge on any atom is -0.383 e. The summed E-state index contributed by atoms with van der Waals surface area (Å²) in [5.74, 6) is -0.367. The predicted octanol–water partition coefficient (Wildman–Crippen LogP) is 5.23. The lowest BCUT2D eigenvalue weighted by atomic mass is 9.96. The molecule has 1 unspecified atom stereocenters. The second-order valence-corrected chi connectivity index (χ2v) is 13.2. The van der Waals surface area contributed by atoms with Crippen LogP contribution in [0.4, 0.5) is 15.8 Å². The first kappa shape index (κ1) is 26.6. The topological polar surface area (TPSA) is 126 Å². The van der Waals surface area contributed by atoms with Crippen molar-refractivity contribution < 1.29 is 12.8 Å². The van der Waals surface area contributed by atoms with Gasteiger partial charge < -0.3 is 10.6 Å². The molecule has 4 aromatic rings. The number of halogens is 1. The predicted molar refractivity (Wildman–Crippen MR) is 148 cm³/mol. The third-order valence-electron chi connectivity index (χ3n) is 6.51. The van der Waals surface area contributed by atoms with Crippen LogP contribution in [-0.4, -0.2) is 41.2 Å². The number of hydrogen-bond donors (Lipinski definition) is 2. The van der Waals surface area contributed by atoms with Crippen molar-refractivity contribution >= 4 is 32.1 Å². The van der Waals surface area contributed by atoms with Crippen LogP contribution < -0.4 is 10.6 Å². The van der Waals surface area contributed by atoms with Crippen LogP contribution in [0.25, 0.3) is 10.9 Å². The van der Waals surface area contributed by atoms with Crippen LogP contribution in [0, 0.1) is 22.6 Å². The lowest BCUT2D eigenvalue weighted by Crippen LogP contribution is -2.20. The number of anilines is 2. The summed E-state index contributed by atoms with van der Waals surface area (Å²) in [6.45, 7) is 6.74. The second kappa shape index (κ2) is 9.93. The number of nitrogens with zero attached hydrogens (tertiary/aromatic N) is 5. The van der Waals surface area contributed by atoms with Crippen LogP contribution in [0.3, 0.4) is 0 Å². The van der Waals surface area contributed by atoms with Gasteiger partial charge in [-0.2, -0.15) is 5.26 Å². The van der Waals surface area contributed by atoms with Gasteiger partial charge in [0.1, 0.15) is 17.6 Å². The van der Waals surface area contributed by atoms with Crippen molar-refractivity contribution in [2.45, 2.75) is 50.6 Å². The fourth-order valence-corrected chi connectivity index (χ4v) is 5.21. The summed E-state index contributed by atoms with van der Waals surface area (Å²) < 4.78 is 41.4. The lowest BCUT2D eigenvalue weighted by Gasteiger charge is -2.23. The zero-order valence-corrected chi connectivity index (χ0v) is 23.1. The number of nitrogens with one attached hydrogen (secondary N) is 2. The van der Waals surface area contributed by atoms with E-state index in [1.54, 1.807) is 18.2 Å². The summed E-state index contributed by atoms with van der Waals surface area (Å²) in [4.78, 5) is 4.40. The van der Waals surface area contributed by atoms with E-state index in [2.05, 4.69) is 52.8 Å². The Hall–Kier alpha value is -4.04. The van der Waals surface area contributed by atoms with Crippen molar-refractivity contribution in [3.8, 4) is 6.07 Å². The smallest absolute Gasteiger partial charge is 0.177 e. The first-order valence-corrected chi connectivity index (χ1v) is 14.6. The molecule has 9 nitrogen and oxygen atoms in total. The Morgan fingerprint density at radius 3 is 2.54 bits per heavy atom. The third kappa shape index (κ3) is 5.86. The molecule has 39 heavy (non-hydrogen) atoms. The van der Waals surface area contributed by atoms with Gasteiger partial charge in [-0.1, -0.05) is 38.1 Å². The molecule has 11 heteroatoms. The van der Waals surface area contributed by atoms with E-state index in [9.17, 15) is 18.1 Å². The molecule has 0 aliphatic heterocycles. The van der Waals surface area contributed by atoms with E-state index in [1.165, 1.54) is 24.4 Å². The number of hydrogen-bond acceptors (Lipinski definition) is 8. The SMILES string of the molecule is CC(C)(C)CNc1c(C#N)cnc2c(S(C)(=O)=O)cc(NC(c3ccc(F)cc3)c3cn(C4CC4)nn3)cc12. The summed E-state index contributed by atoms with van der Waals surface area (Å²) in [5, 5.41) is 25.7. The number of nitriles is 1. The van der Waals surface area contributed by atoms with E-state index in [0.717, 1.165) is 24.7 Å². The van der Waals surface area contributed by atoms with Gasteiger partial charge >= 0.3 is 0 Å². The van der Waals surface area contributed by atoms with Crippen LogP contribution in [0.5, 0.6) is 0 Å². The zero-order valence-electron chi connectivity index (χ0n) is 22.2. The molecule has 1 atom stereocenters. The van der Waals surface area contributed by atoms with Crippen LogP contribution in [0.2, 0.25) is 0 Å². The van der Waals surface area contributed by atoms with Crippen molar-refractivity contribution in [3.63, 3.8) is 0 Å². The minimum atomic E-state index is -3.70. The van der Waals surface area contributed by atoms with Crippen molar-refractivity contribution in [2.24, 2.45) is 5.41 Å². The fraction of sp³-hybridized carbons (Fsp3) is 0.357. The van der Waals surface area contributed by atoms with Crippen molar-refractivity contribution in [2.75, 3.05) is 23.4 Å². The maximum atomic E-state index is 13.8. The lowest BCUT2D eigenvalue weighted by molar-refractivity contribution is 0.443. The van der Waals surface area contributed by atoms with Crippen molar-refractivity contribution in [1.82, 2.24) is 20.0 Å². The van der Waals surface area contributed by atoms with Crippen LogP contribution in [-0.2, 0) is 9.84 Å². The molecule has 5 rings (SSSR count). The molecule has 2 N–H and O–H groups in total. The Bertz CT molecular complexity index is 1680. The highest BCUT2D eigenvalue weighted by Gasteiger charge is 2.28. The molecule has 0 amide bonds. The van der Waals surface area contributed by atoms with Gasteiger partial charge in [-0.05, 0) is 48.1 Å². The Kier molecular flexibility index (Phi) is 6.76. The molecule has 1 saturated carbocycles. The maximum absolute atomic E-state index is 13.8. The van der Waals surface area contributed by atoms with Gasteiger partial charge in [0.05, 0.1) is 39.9 Å². The number of aromatic nitrogens is 4. The Morgan fingerprint density at radius 2 is 1.92 bits per heavy atom. The average molecular weight is 548 g/mol. The van der Waals surface area contributed by atoms with E-state index in [4.69, 9.17) is 0 Å². The Labute approximate surface area is 227 Å². The largest absolute Gasteiger partial charge is 0.383 e. The second-order valence-electron chi connectivity index (χ2n) is 11.2. The highest BCUT2D eigenvalue weighted by Crippen LogP contribution is 2.37. The maximum Gasteiger partial charge on any atom is 0.177 e. The molecular formula is C28H30FN7O2S. The van der Waals surface area contributed by atoms with Crippen LogP contribution >= 0.6 is 0 Å². The van der Waals surface area contributed by atoms with Gasteiger partial charge in [0.15, 0.2) is 9.84 Å². The number of benzene rings is 2. The molecule has 1 fully saturated rings. The van der Waals surface area contributed by atoms with E-state index >= 15 is 0 Å². The highest BCUT2D eigenvalue weighted by atomic mass is 32.2. The molecule has 0 spiro atoms. The summed E-state index contributed by atoms with van der Waals surface area (Å²) in [5.41, 5.74) is 2.83. The molecule has 1 aliphatic carbocycles. The van der Waals surface area contributed by atoms with Gasteiger partial charge in [0.25, 0.3) is 0 Å². The van der Waals surface area contributed by atoms with E-state index in [-0.39, 0.29) is 21.6 Å². The quantitative estimate of drug-likeness (QED) is 0.307. The summed E-state index contributed by atoms with van der Waals surface area (Å²) in [7, 11) is -3.70. The molecule has 0 saturated heterocycles. The van der Waals surface area contributed by atoms with Crippen LogP contribution in [0.15, 0.2) is 53.7 Å². The highest BCUT2D eigenvalue weighted by molar-refractivity contribution is 7.91. The fourth-order valence-electron chi connectivity index (χ4n) is 4.36. The van der Waals surface area contributed by atoms with Gasteiger partial charge in [-0.15, -0.1) is 5.10 Å². The van der Waals surface area contributed by atoms with Gasteiger partial charge in [0.2, 0.25) is 0 Å². The van der Waals surface area contributed by atoms with E-state index < -0.39 is 15.9 Å². The molecule has 2 aromatic carbocycles. The summed E-state index contributed by atoms with van der Waals surface area (Å²) in [6, 6.07) is 11.3. The molecule has 0 bridgehead atoms. The number of rotatable bonds is 8. The Balaban J connectivity index is 1.66. The van der Waals surface area contributed by atoms with Crippen LogP contribution in [0.1, 0.15) is 62.5 Å². The monoisotopic (exact) mass is 547 g/mol. The molecule has 2 aromatic heterocycles. The van der Waals surface area contributed by atoms with E-state index in [0.29, 0.717) is 40.6 Å². The van der Waals surface area contributed by atoms with Gasteiger partial charge in [-0.25, -0.2) is 17.5 Å².